The monoisotopic (exact) mass is 330 g/mol. The summed E-state index contributed by atoms with van der Waals surface area (Å²) in [6.07, 6.45) is 5.81. The van der Waals surface area contributed by atoms with Gasteiger partial charge in [-0.2, -0.15) is 0 Å². The molecule has 7 heteroatoms. The molecule has 1 heterocycles. The van der Waals surface area contributed by atoms with Gasteiger partial charge in [0.1, 0.15) is 4.21 Å². The Labute approximate surface area is 130 Å². The molecule has 0 radical (unpaired) electrons. The van der Waals surface area contributed by atoms with E-state index in [2.05, 4.69) is 12.2 Å². The lowest BCUT2D eigenvalue weighted by Gasteiger charge is -2.16. The summed E-state index contributed by atoms with van der Waals surface area (Å²) in [5.74, 6) is 0.693. The molecule has 0 spiro atoms. The van der Waals surface area contributed by atoms with Gasteiger partial charge in [0.05, 0.1) is 6.42 Å². The number of nitrogens with two attached hydrogens (primary N) is 1. The van der Waals surface area contributed by atoms with Crippen molar-refractivity contribution < 1.29 is 13.2 Å². The van der Waals surface area contributed by atoms with Gasteiger partial charge in [-0.05, 0) is 37.3 Å². The van der Waals surface area contributed by atoms with Crippen molar-refractivity contribution >= 4 is 27.3 Å². The van der Waals surface area contributed by atoms with E-state index in [9.17, 15) is 13.2 Å². The fourth-order valence-corrected chi connectivity index (χ4v) is 4.45. The molecule has 5 nitrogen and oxygen atoms in total. The Hall–Kier alpha value is -0.920. The van der Waals surface area contributed by atoms with Gasteiger partial charge in [0, 0.05) is 10.9 Å². The van der Waals surface area contributed by atoms with Crippen LogP contribution < -0.4 is 10.5 Å². The number of nitrogens with one attached hydrogen (secondary N) is 1. The molecule has 2 unspecified atom stereocenters. The van der Waals surface area contributed by atoms with Crippen LogP contribution in [0.25, 0.3) is 0 Å². The molecule has 1 amide bonds. The van der Waals surface area contributed by atoms with Crippen molar-refractivity contribution in [2.75, 3.05) is 0 Å². The summed E-state index contributed by atoms with van der Waals surface area (Å²) in [6, 6.07) is 3.36. The average Bonchev–Trinajstić information content (AvgIpc) is 2.75. The summed E-state index contributed by atoms with van der Waals surface area (Å²) in [4.78, 5) is 12.8. The molecule has 21 heavy (non-hydrogen) atoms. The SMILES string of the molecule is CC1CCCC(NC(=O)Cc2ccc(S(N)(=O)=O)s2)CC1. The Morgan fingerprint density at radius 3 is 2.76 bits per heavy atom. The first-order valence-corrected chi connectivity index (χ1v) is 9.62. The van der Waals surface area contributed by atoms with Gasteiger partial charge in [-0.25, -0.2) is 13.6 Å². The third-order valence-electron chi connectivity index (χ3n) is 3.87. The van der Waals surface area contributed by atoms with Crippen molar-refractivity contribution in [3.8, 4) is 0 Å². The van der Waals surface area contributed by atoms with Crippen molar-refractivity contribution in [3.05, 3.63) is 17.0 Å². The van der Waals surface area contributed by atoms with Crippen LogP contribution >= 0.6 is 11.3 Å². The van der Waals surface area contributed by atoms with Crippen molar-refractivity contribution in [2.24, 2.45) is 11.1 Å². The minimum Gasteiger partial charge on any atom is -0.353 e. The lowest BCUT2D eigenvalue weighted by atomic mass is 10.0. The van der Waals surface area contributed by atoms with Gasteiger partial charge in [0.15, 0.2) is 0 Å². The van der Waals surface area contributed by atoms with Crippen molar-refractivity contribution in [2.45, 2.75) is 55.7 Å². The van der Waals surface area contributed by atoms with Crippen LogP contribution in [0.2, 0.25) is 0 Å². The minimum absolute atomic E-state index is 0.0441. The molecule has 2 atom stereocenters. The van der Waals surface area contributed by atoms with Gasteiger partial charge in [-0.15, -0.1) is 11.3 Å². The maximum Gasteiger partial charge on any atom is 0.247 e. The smallest absolute Gasteiger partial charge is 0.247 e. The van der Waals surface area contributed by atoms with Crippen molar-refractivity contribution in [3.63, 3.8) is 0 Å². The standard InChI is InChI=1S/C14H22N2O3S2/c1-10-3-2-4-11(6-5-10)16-13(17)9-12-7-8-14(20-12)21(15,18)19/h7-8,10-11H,2-6,9H2,1H3,(H,16,17)(H2,15,18,19). The molecule has 0 bridgehead atoms. The quantitative estimate of drug-likeness (QED) is 0.828. The summed E-state index contributed by atoms with van der Waals surface area (Å²) in [5, 5.41) is 8.13. The maximum atomic E-state index is 12.0. The van der Waals surface area contributed by atoms with E-state index in [-0.39, 0.29) is 22.6 Å². The van der Waals surface area contributed by atoms with Gasteiger partial charge < -0.3 is 5.32 Å². The third kappa shape index (κ3) is 5.09. The predicted molar refractivity (Wildman–Crippen MR) is 83.6 cm³/mol. The van der Waals surface area contributed by atoms with Crippen LogP contribution in [-0.4, -0.2) is 20.4 Å². The topological polar surface area (TPSA) is 89.3 Å². The summed E-state index contributed by atoms with van der Waals surface area (Å²) < 4.78 is 22.5. The highest BCUT2D eigenvalue weighted by Gasteiger charge is 2.19. The number of thiophene rings is 1. The highest BCUT2D eigenvalue weighted by Crippen LogP contribution is 2.23. The average molecular weight is 330 g/mol. The normalized spacial score (nSPS) is 23.5. The van der Waals surface area contributed by atoms with Crippen LogP contribution in [0.5, 0.6) is 0 Å². The van der Waals surface area contributed by atoms with E-state index >= 15 is 0 Å². The molecule has 3 N–H and O–H groups in total. The first-order valence-electron chi connectivity index (χ1n) is 7.25. The first kappa shape index (κ1) is 16.5. The molecule has 1 aliphatic carbocycles. The Morgan fingerprint density at radius 2 is 2.10 bits per heavy atom. The summed E-state index contributed by atoms with van der Waals surface area (Å²) in [7, 11) is -3.67. The molecule has 0 saturated heterocycles. The number of carbonyl (C=O) groups is 1. The number of carbonyl (C=O) groups excluding carboxylic acids is 1. The van der Waals surface area contributed by atoms with E-state index in [0.717, 1.165) is 47.8 Å². The van der Waals surface area contributed by atoms with E-state index in [0.29, 0.717) is 0 Å². The molecule has 2 rings (SSSR count). The highest BCUT2D eigenvalue weighted by atomic mass is 32.2. The summed E-state index contributed by atoms with van der Waals surface area (Å²) in [5.41, 5.74) is 0. The number of hydrogen-bond acceptors (Lipinski definition) is 4. The fraction of sp³-hybridized carbons (Fsp3) is 0.643. The van der Waals surface area contributed by atoms with E-state index in [4.69, 9.17) is 5.14 Å². The lowest BCUT2D eigenvalue weighted by molar-refractivity contribution is -0.121. The Balaban J connectivity index is 1.88. The molecule has 118 valence electrons. The predicted octanol–water partition coefficient (Wildman–Crippen LogP) is 2.02. The molecule has 1 aromatic heterocycles. The Morgan fingerprint density at radius 1 is 1.33 bits per heavy atom. The largest absolute Gasteiger partial charge is 0.353 e. The van der Waals surface area contributed by atoms with Gasteiger partial charge in [0.25, 0.3) is 0 Å². The second-order valence-electron chi connectivity index (χ2n) is 5.82. The third-order valence-corrected chi connectivity index (χ3v) is 6.40. The minimum atomic E-state index is -3.67. The molecule has 0 aliphatic heterocycles. The molecule has 1 aromatic rings. The second kappa shape index (κ2) is 6.89. The number of amides is 1. The van der Waals surface area contributed by atoms with Gasteiger partial charge in [-0.3, -0.25) is 4.79 Å². The first-order chi connectivity index (χ1) is 9.84. The maximum absolute atomic E-state index is 12.0. The number of sulfonamides is 1. The summed E-state index contributed by atoms with van der Waals surface area (Å²) >= 11 is 1.06. The molecule has 1 saturated carbocycles. The number of hydrogen-bond donors (Lipinski definition) is 2. The van der Waals surface area contributed by atoms with Crippen molar-refractivity contribution in [1.82, 2.24) is 5.32 Å². The van der Waals surface area contributed by atoms with E-state index in [1.807, 2.05) is 0 Å². The van der Waals surface area contributed by atoms with Crippen LogP contribution in [0.3, 0.4) is 0 Å². The van der Waals surface area contributed by atoms with Crippen LogP contribution in [-0.2, 0) is 21.2 Å². The number of primary sulfonamides is 1. The van der Waals surface area contributed by atoms with Gasteiger partial charge in [-0.1, -0.05) is 19.8 Å². The van der Waals surface area contributed by atoms with Crippen LogP contribution in [0, 0.1) is 5.92 Å². The number of rotatable bonds is 4. The highest BCUT2D eigenvalue weighted by molar-refractivity contribution is 7.91. The van der Waals surface area contributed by atoms with Crippen molar-refractivity contribution in [1.29, 1.82) is 0 Å². The molecule has 1 aliphatic rings. The zero-order chi connectivity index (χ0) is 15.5. The van der Waals surface area contributed by atoms with E-state index in [1.54, 1.807) is 6.07 Å². The molecule has 1 fully saturated rings. The zero-order valence-electron chi connectivity index (χ0n) is 12.2. The molecular weight excluding hydrogens is 308 g/mol. The Kier molecular flexibility index (Phi) is 5.40. The van der Waals surface area contributed by atoms with E-state index in [1.165, 1.54) is 12.5 Å². The molecule has 0 aromatic carbocycles. The zero-order valence-corrected chi connectivity index (χ0v) is 13.8. The van der Waals surface area contributed by atoms with Crippen LogP contribution in [0.4, 0.5) is 0 Å². The van der Waals surface area contributed by atoms with Crippen LogP contribution in [0.15, 0.2) is 16.3 Å². The van der Waals surface area contributed by atoms with Crippen LogP contribution in [0.1, 0.15) is 43.9 Å². The van der Waals surface area contributed by atoms with Gasteiger partial charge >= 0.3 is 0 Å². The van der Waals surface area contributed by atoms with Gasteiger partial charge in [0.2, 0.25) is 15.9 Å². The Bertz CT molecular complexity index is 595. The fourth-order valence-electron chi connectivity index (χ4n) is 2.67. The summed E-state index contributed by atoms with van der Waals surface area (Å²) in [6.45, 7) is 2.25. The van der Waals surface area contributed by atoms with E-state index < -0.39 is 10.0 Å². The lowest BCUT2D eigenvalue weighted by Crippen LogP contribution is -2.35. The second-order valence-corrected chi connectivity index (χ2v) is 8.78. The molecular formula is C14H22N2O3S2.